The van der Waals surface area contributed by atoms with Gasteiger partial charge < -0.3 is 0 Å². The second-order valence-electron chi connectivity index (χ2n) is 5.77. The third-order valence-corrected chi connectivity index (χ3v) is 5.17. The molecule has 1 aliphatic rings. The molecular formula is C14H18Cl2N4S. The molecule has 4 nitrogen and oxygen atoms in total. The number of pyridine rings is 1. The van der Waals surface area contributed by atoms with E-state index in [0.717, 1.165) is 0 Å². The molecule has 0 bridgehead atoms. The van der Waals surface area contributed by atoms with E-state index < -0.39 is 0 Å². The zero-order chi connectivity index (χ0) is 15.1. The van der Waals surface area contributed by atoms with Gasteiger partial charge in [-0.1, -0.05) is 29.6 Å². The molecule has 1 aliphatic heterocycles. The standard InChI is InChI=1S/C14H18Cl2N4S/c1-9-4-3-5-10(2)19(9)8-20-14(21)18-7-11(15)6-12(16)13(18)17-20/h6-7,9-10H,3-5,8H2,1-2H3/t9-,10-/m0/s1. The fourth-order valence-electron chi connectivity index (χ4n) is 3.05. The molecule has 3 rings (SSSR count). The van der Waals surface area contributed by atoms with Crippen molar-refractivity contribution in [1.29, 1.82) is 0 Å². The summed E-state index contributed by atoms with van der Waals surface area (Å²) >= 11 is 17.8. The predicted octanol–water partition coefficient (Wildman–Crippen LogP) is 4.39. The van der Waals surface area contributed by atoms with Gasteiger partial charge in [-0.15, -0.1) is 5.10 Å². The molecule has 7 heteroatoms. The van der Waals surface area contributed by atoms with Crippen LogP contribution in [0, 0.1) is 4.77 Å². The Morgan fingerprint density at radius 1 is 1.29 bits per heavy atom. The molecule has 0 spiro atoms. The topological polar surface area (TPSA) is 25.5 Å². The lowest BCUT2D eigenvalue weighted by molar-refractivity contribution is 0.0637. The van der Waals surface area contributed by atoms with Gasteiger partial charge in [-0.3, -0.25) is 9.30 Å². The third-order valence-electron chi connectivity index (χ3n) is 4.27. The largest absolute Gasteiger partial charge is 0.279 e. The minimum absolute atomic E-state index is 0.520. The average Bonchev–Trinajstić information content (AvgIpc) is 2.72. The summed E-state index contributed by atoms with van der Waals surface area (Å²) in [7, 11) is 0. The van der Waals surface area contributed by atoms with Crippen LogP contribution < -0.4 is 0 Å². The van der Waals surface area contributed by atoms with E-state index in [1.54, 1.807) is 16.7 Å². The summed E-state index contributed by atoms with van der Waals surface area (Å²) in [5.41, 5.74) is 0.656. The van der Waals surface area contributed by atoms with Gasteiger partial charge in [-0.2, -0.15) is 0 Å². The first-order valence-electron chi connectivity index (χ1n) is 7.17. The number of aromatic nitrogens is 3. The molecule has 2 atom stereocenters. The van der Waals surface area contributed by atoms with E-state index in [1.807, 2.05) is 4.68 Å². The minimum atomic E-state index is 0.520. The van der Waals surface area contributed by atoms with Crippen molar-refractivity contribution in [3.8, 4) is 0 Å². The van der Waals surface area contributed by atoms with Crippen LogP contribution in [0.25, 0.3) is 5.65 Å². The maximum Gasteiger partial charge on any atom is 0.203 e. The molecule has 1 fully saturated rings. The molecule has 21 heavy (non-hydrogen) atoms. The molecule has 0 aromatic carbocycles. The molecule has 0 saturated carbocycles. The minimum Gasteiger partial charge on any atom is -0.279 e. The molecule has 0 radical (unpaired) electrons. The smallest absolute Gasteiger partial charge is 0.203 e. The number of nitrogens with zero attached hydrogens (tertiary/aromatic N) is 4. The quantitative estimate of drug-likeness (QED) is 0.755. The van der Waals surface area contributed by atoms with E-state index in [-0.39, 0.29) is 0 Å². The highest BCUT2D eigenvalue weighted by Gasteiger charge is 2.25. The van der Waals surface area contributed by atoms with Crippen LogP contribution in [0.5, 0.6) is 0 Å². The number of piperidine rings is 1. The Morgan fingerprint density at radius 2 is 1.95 bits per heavy atom. The van der Waals surface area contributed by atoms with Gasteiger partial charge in [0.25, 0.3) is 0 Å². The van der Waals surface area contributed by atoms with Crippen LogP contribution in [-0.4, -0.2) is 31.2 Å². The number of likely N-dealkylation sites (tertiary alicyclic amines) is 1. The highest BCUT2D eigenvalue weighted by Crippen LogP contribution is 2.25. The van der Waals surface area contributed by atoms with Gasteiger partial charge in [-0.05, 0) is 45.0 Å². The first-order chi connectivity index (χ1) is 9.97. The molecule has 0 aliphatic carbocycles. The van der Waals surface area contributed by atoms with Gasteiger partial charge in [0.15, 0.2) is 5.65 Å². The summed E-state index contributed by atoms with van der Waals surface area (Å²) in [4.78, 5) is 2.45. The fourth-order valence-corrected chi connectivity index (χ4v) is 3.79. The van der Waals surface area contributed by atoms with Crippen LogP contribution in [0.1, 0.15) is 33.1 Å². The number of hydrogen-bond acceptors (Lipinski definition) is 3. The summed E-state index contributed by atoms with van der Waals surface area (Å²) in [6.45, 7) is 5.22. The van der Waals surface area contributed by atoms with Crippen molar-refractivity contribution in [2.75, 3.05) is 0 Å². The van der Waals surface area contributed by atoms with E-state index in [2.05, 4.69) is 23.8 Å². The number of rotatable bonds is 2. The van der Waals surface area contributed by atoms with Crippen LogP contribution in [0.3, 0.4) is 0 Å². The number of hydrogen-bond donors (Lipinski definition) is 0. The van der Waals surface area contributed by atoms with Crippen LogP contribution >= 0.6 is 35.4 Å². The second-order valence-corrected chi connectivity index (χ2v) is 6.98. The van der Waals surface area contributed by atoms with E-state index >= 15 is 0 Å². The van der Waals surface area contributed by atoms with E-state index in [1.165, 1.54) is 19.3 Å². The lowest BCUT2D eigenvalue weighted by Crippen LogP contribution is -2.44. The average molecular weight is 345 g/mol. The Morgan fingerprint density at radius 3 is 2.62 bits per heavy atom. The van der Waals surface area contributed by atoms with Gasteiger partial charge in [0.1, 0.15) is 0 Å². The van der Waals surface area contributed by atoms with Crippen molar-refractivity contribution in [2.45, 2.75) is 51.9 Å². The molecule has 114 valence electrons. The predicted molar refractivity (Wildman–Crippen MR) is 88.7 cm³/mol. The van der Waals surface area contributed by atoms with Crippen molar-refractivity contribution in [2.24, 2.45) is 0 Å². The van der Waals surface area contributed by atoms with E-state index in [4.69, 9.17) is 35.4 Å². The summed E-state index contributed by atoms with van der Waals surface area (Å²) in [5, 5.41) is 5.64. The van der Waals surface area contributed by atoms with Crippen LogP contribution in [0.4, 0.5) is 0 Å². The molecule has 1 saturated heterocycles. The van der Waals surface area contributed by atoms with Crippen molar-refractivity contribution >= 4 is 41.1 Å². The lowest BCUT2D eigenvalue weighted by Gasteiger charge is -2.38. The molecule has 3 heterocycles. The third kappa shape index (κ3) is 2.84. The molecule has 0 unspecified atom stereocenters. The fraction of sp³-hybridized carbons (Fsp3) is 0.571. The van der Waals surface area contributed by atoms with Crippen LogP contribution in [0.2, 0.25) is 10.0 Å². The maximum atomic E-state index is 6.21. The van der Waals surface area contributed by atoms with Gasteiger partial charge in [-0.25, -0.2) is 4.68 Å². The Hall–Kier alpha value is -0.620. The second kappa shape index (κ2) is 5.88. The first kappa shape index (κ1) is 15.3. The van der Waals surface area contributed by atoms with Crippen LogP contribution in [-0.2, 0) is 6.67 Å². The van der Waals surface area contributed by atoms with Gasteiger partial charge in [0.2, 0.25) is 4.77 Å². The number of halogens is 2. The van der Waals surface area contributed by atoms with Crippen molar-refractivity contribution < 1.29 is 0 Å². The number of fused-ring (bicyclic) bond motifs is 1. The van der Waals surface area contributed by atoms with Gasteiger partial charge >= 0.3 is 0 Å². The first-order valence-corrected chi connectivity index (χ1v) is 8.33. The summed E-state index contributed by atoms with van der Waals surface area (Å²) in [6, 6.07) is 2.77. The Bertz CT molecular complexity index is 714. The summed E-state index contributed by atoms with van der Waals surface area (Å²) in [5.74, 6) is 0. The molecule has 2 aromatic heterocycles. The van der Waals surface area contributed by atoms with E-state index in [9.17, 15) is 0 Å². The maximum absolute atomic E-state index is 6.21. The summed E-state index contributed by atoms with van der Waals surface area (Å²) in [6.07, 6.45) is 5.49. The van der Waals surface area contributed by atoms with E-state index in [0.29, 0.717) is 39.2 Å². The van der Waals surface area contributed by atoms with Crippen molar-refractivity contribution in [1.82, 2.24) is 19.1 Å². The highest BCUT2D eigenvalue weighted by atomic mass is 35.5. The van der Waals surface area contributed by atoms with Gasteiger partial charge in [0.05, 0.1) is 16.7 Å². The summed E-state index contributed by atoms with van der Waals surface area (Å²) < 4.78 is 4.24. The normalized spacial score (nSPS) is 23.8. The molecular weight excluding hydrogens is 327 g/mol. The zero-order valence-corrected chi connectivity index (χ0v) is 14.4. The van der Waals surface area contributed by atoms with Crippen molar-refractivity contribution in [3.05, 3.63) is 27.1 Å². The Kier molecular flexibility index (Phi) is 4.28. The molecule has 0 N–H and O–H groups in total. The Balaban J connectivity index is 1.99. The Labute approximate surface area is 139 Å². The zero-order valence-electron chi connectivity index (χ0n) is 12.1. The lowest BCUT2D eigenvalue weighted by atomic mass is 9.98. The SMILES string of the molecule is C[C@H]1CCC[C@H](C)N1Cn1nc2c(Cl)cc(Cl)cn2c1=S. The molecule has 2 aromatic rings. The van der Waals surface area contributed by atoms with Crippen LogP contribution in [0.15, 0.2) is 12.3 Å². The molecule has 0 amide bonds. The highest BCUT2D eigenvalue weighted by molar-refractivity contribution is 7.71. The van der Waals surface area contributed by atoms with Gasteiger partial charge in [0, 0.05) is 18.3 Å². The van der Waals surface area contributed by atoms with Crippen molar-refractivity contribution in [3.63, 3.8) is 0 Å². The monoisotopic (exact) mass is 344 g/mol.